The van der Waals surface area contributed by atoms with Crippen molar-refractivity contribution in [2.75, 3.05) is 6.61 Å². The molecule has 0 bridgehead atoms. The van der Waals surface area contributed by atoms with E-state index in [1.807, 2.05) is 44.2 Å². The van der Waals surface area contributed by atoms with Crippen LogP contribution < -0.4 is 11.1 Å². The predicted molar refractivity (Wildman–Crippen MR) is 71.8 cm³/mol. The number of aliphatic hydroxyl groups excluding tert-OH is 1. The molecule has 0 saturated carbocycles. The first-order chi connectivity index (χ1) is 8.60. The molecule has 0 heterocycles. The predicted octanol–water partition coefficient (Wildman–Crippen LogP) is 1.21. The van der Waals surface area contributed by atoms with Crippen LogP contribution in [0.15, 0.2) is 30.3 Å². The normalized spacial score (nSPS) is 15.8. The summed E-state index contributed by atoms with van der Waals surface area (Å²) in [4.78, 5) is 11.9. The monoisotopic (exact) mass is 250 g/mol. The average Bonchev–Trinajstić information content (AvgIpc) is 2.43. The van der Waals surface area contributed by atoms with Crippen LogP contribution in [0.3, 0.4) is 0 Å². The maximum absolute atomic E-state index is 11.9. The Kier molecular flexibility index (Phi) is 5.82. The zero-order valence-electron chi connectivity index (χ0n) is 11.0. The highest BCUT2D eigenvalue weighted by Crippen LogP contribution is 2.13. The Balaban J connectivity index is 2.67. The summed E-state index contributed by atoms with van der Waals surface area (Å²) in [6.45, 7) is 3.81. The van der Waals surface area contributed by atoms with E-state index in [9.17, 15) is 9.90 Å². The van der Waals surface area contributed by atoms with E-state index in [4.69, 9.17) is 5.73 Å². The largest absolute Gasteiger partial charge is 0.394 e. The molecule has 4 nitrogen and oxygen atoms in total. The van der Waals surface area contributed by atoms with Crippen LogP contribution in [0.4, 0.5) is 0 Å². The van der Waals surface area contributed by atoms with E-state index >= 15 is 0 Å². The van der Waals surface area contributed by atoms with E-state index in [2.05, 4.69) is 5.32 Å². The smallest absolute Gasteiger partial charge is 0.237 e. The molecule has 0 aliphatic carbocycles. The Labute approximate surface area is 108 Å². The van der Waals surface area contributed by atoms with Crippen LogP contribution in [0.25, 0.3) is 0 Å². The van der Waals surface area contributed by atoms with Crippen LogP contribution in [-0.4, -0.2) is 23.7 Å². The van der Waals surface area contributed by atoms with E-state index in [1.54, 1.807) is 0 Å². The highest BCUT2D eigenvalue weighted by atomic mass is 16.3. The van der Waals surface area contributed by atoms with Gasteiger partial charge in [-0.1, -0.05) is 50.6 Å². The second-order valence-corrected chi connectivity index (χ2v) is 4.57. The maximum Gasteiger partial charge on any atom is 0.237 e. The number of hydrogen-bond acceptors (Lipinski definition) is 3. The first-order valence-electron chi connectivity index (χ1n) is 6.31. The van der Waals surface area contributed by atoms with Crippen LogP contribution >= 0.6 is 0 Å². The summed E-state index contributed by atoms with van der Waals surface area (Å²) in [5.41, 5.74) is 6.74. The lowest BCUT2D eigenvalue weighted by molar-refractivity contribution is -0.124. The van der Waals surface area contributed by atoms with Crippen LogP contribution in [0.2, 0.25) is 0 Å². The molecule has 1 aromatic rings. The highest BCUT2D eigenvalue weighted by Gasteiger charge is 2.22. The Morgan fingerprint density at radius 2 is 2.00 bits per heavy atom. The Hall–Kier alpha value is -1.39. The summed E-state index contributed by atoms with van der Waals surface area (Å²) in [6.07, 6.45) is 0.851. The third-order valence-electron chi connectivity index (χ3n) is 3.26. The molecule has 100 valence electrons. The van der Waals surface area contributed by atoms with Gasteiger partial charge < -0.3 is 16.2 Å². The second-order valence-electron chi connectivity index (χ2n) is 4.57. The van der Waals surface area contributed by atoms with Crippen molar-refractivity contribution < 1.29 is 9.90 Å². The van der Waals surface area contributed by atoms with E-state index in [1.165, 1.54) is 0 Å². The summed E-state index contributed by atoms with van der Waals surface area (Å²) in [5, 5.41) is 12.1. The number of benzene rings is 1. The van der Waals surface area contributed by atoms with Crippen molar-refractivity contribution in [1.82, 2.24) is 5.32 Å². The quantitative estimate of drug-likeness (QED) is 0.710. The number of carbonyl (C=O) groups excluding carboxylic acids is 1. The topological polar surface area (TPSA) is 75.4 Å². The molecule has 4 N–H and O–H groups in total. The van der Waals surface area contributed by atoms with Crippen molar-refractivity contribution in [2.45, 2.75) is 32.4 Å². The lowest BCUT2D eigenvalue weighted by Crippen LogP contribution is -2.46. The first-order valence-corrected chi connectivity index (χ1v) is 6.31. The highest BCUT2D eigenvalue weighted by molar-refractivity contribution is 5.82. The zero-order chi connectivity index (χ0) is 13.5. The van der Waals surface area contributed by atoms with Gasteiger partial charge >= 0.3 is 0 Å². The molecular formula is C14H22N2O2. The van der Waals surface area contributed by atoms with Gasteiger partial charge in [0.15, 0.2) is 0 Å². The summed E-state index contributed by atoms with van der Waals surface area (Å²) in [7, 11) is 0. The maximum atomic E-state index is 11.9. The molecule has 1 rings (SSSR count). The third-order valence-corrected chi connectivity index (χ3v) is 3.26. The number of hydrogen-bond donors (Lipinski definition) is 3. The van der Waals surface area contributed by atoms with Gasteiger partial charge in [0.2, 0.25) is 5.91 Å². The number of nitrogens with two attached hydrogens (primary N) is 1. The van der Waals surface area contributed by atoms with Crippen molar-refractivity contribution in [3.05, 3.63) is 35.9 Å². The Morgan fingerprint density at radius 3 is 2.50 bits per heavy atom. The van der Waals surface area contributed by atoms with Crippen LogP contribution in [0.5, 0.6) is 0 Å². The molecular weight excluding hydrogens is 228 g/mol. The van der Waals surface area contributed by atoms with Gasteiger partial charge in [-0.05, 0) is 11.5 Å². The van der Waals surface area contributed by atoms with Gasteiger partial charge in [-0.25, -0.2) is 0 Å². The molecule has 3 atom stereocenters. The zero-order valence-corrected chi connectivity index (χ0v) is 11.0. The van der Waals surface area contributed by atoms with Crippen molar-refractivity contribution in [1.29, 1.82) is 0 Å². The first kappa shape index (κ1) is 14.7. The summed E-state index contributed by atoms with van der Waals surface area (Å²) >= 11 is 0. The van der Waals surface area contributed by atoms with Crippen molar-refractivity contribution >= 4 is 5.91 Å². The standard InChI is InChI=1S/C14H22N2O2/c1-3-10(2)13(15)14(18)16-12(9-17)11-7-5-4-6-8-11/h4-8,10,12-13,17H,3,9,15H2,1-2H3,(H,16,18)/t10?,12?,13-/m0/s1. The van der Waals surface area contributed by atoms with Gasteiger partial charge in [-0.15, -0.1) is 0 Å². The van der Waals surface area contributed by atoms with Gasteiger partial charge in [0.05, 0.1) is 18.7 Å². The van der Waals surface area contributed by atoms with E-state index < -0.39 is 12.1 Å². The molecule has 0 aromatic heterocycles. The molecule has 0 fully saturated rings. The lowest BCUT2D eigenvalue weighted by Gasteiger charge is -2.22. The average molecular weight is 250 g/mol. The Bertz CT molecular complexity index is 367. The van der Waals surface area contributed by atoms with E-state index in [-0.39, 0.29) is 18.4 Å². The lowest BCUT2D eigenvalue weighted by atomic mass is 9.98. The number of aliphatic hydroxyl groups is 1. The molecule has 0 aliphatic heterocycles. The fourth-order valence-corrected chi connectivity index (χ4v) is 1.70. The minimum absolute atomic E-state index is 0.125. The number of carbonyl (C=O) groups is 1. The third kappa shape index (κ3) is 3.82. The number of nitrogens with one attached hydrogen (secondary N) is 1. The Morgan fingerprint density at radius 1 is 1.39 bits per heavy atom. The molecule has 2 unspecified atom stereocenters. The number of amides is 1. The van der Waals surface area contributed by atoms with Gasteiger partial charge in [0, 0.05) is 0 Å². The SMILES string of the molecule is CCC(C)[C@H](N)C(=O)NC(CO)c1ccccc1. The van der Waals surface area contributed by atoms with Crippen molar-refractivity contribution in [3.8, 4) is 0 Å². The number of rotatable bonds is 6. The van der Waals surface area contributed by atoms with Crippen LogP contribution in [0, 0.1) is 5.92 Å². The van der Waals surface area contributed by atoms with Crippen LogP contribution in [0.1, 0.15) is 31.9 Å². The second kappa shape index (κ2) is 7.13. The van der Waals surface area contributed by atoms with Crippen molar-refractivity contribution in [2.24, 2.45) is 11.7 Å². The van der Waals surface area contributed by atoms with E-state index in [0.29, 0.717) is 0 Å². The molecule has 18 heavy (non-hydrogen) atoms. The van der Waals surface area contributed by atoms with Gasteiger partial charge in [-0.3, -0.25) is 4.79 Å². The summed E-state index contributed by atoms with van der Waals surface area (Å²) in [5.74, 6) is -0.0904. The van der Waals surface area contributed by atoms with Crippen molar-refractivity contribution in [3.63, 3.8) is 0 Å². The molecule has 0 spiro atoms. The molecule has 4 heteroatoms. The minimum atomic E-state index is -0.534. The van der Waals surface area contributed by atoms with Gasteiger partial charge in [0.1, 0.15) is 0 Å². The molecule has 0 saturated heterocycles. The summed E-state index contributed by atoms with van der Waals surface area (Å²) in [6, 6.07) is 8.45. The fraction of sp³-hybridized carbons (Fsp3) is 0.500. The fourth-order valence-electron chi connectivity index (χ4n) is 1.70. The van der Waals surface area contributed by atoms with Crippen LogP contribution in [-0.2, 0) is 4.79 Å². The molecule has 0 radical (unpaired) electrons. The minimum Gasteiger partial charge on any atom is -0.394 e. The molecule has 0 aliphatic rings. The van der Waals surface area contributed by atoms with Gasteiger partial charge in [-0.2, -0.15) is 0 Å². The summed E-state index contributed by atoms with van der Waals surface area (Å²) < 4.78 is 0. The van der Waals surface area contributed by atoms with Gasteiger partial charge in [0.25, 0.3) is 0 Å². The molecule has 1 aromatic carbocycles. The molecule has 1 amide bonds. The van der Waals surface area contributed by atoms with E-state index in [0.717, 1.165) is 12.0 Å².